The van der Waals surface area contributed by atoms with E-state index in [2.05, 4.69) is 26.6 Å². The van der Waals surface area contributed by atoms with E-state index in [0.717, 1.165) is 21.5 Å². The first-order valence-electron chi connectivity index (χ1n) is 6.05. The zero-order chi connectivity index (χ0) is 13.4. The molecule has 3 rings (SSSR count). The Morgan fingerprint density at radius 3 is 3.00 bits per heavy atom. The molecule has 2 unspecified atom stereocenters. The van der Waals surface area contributed by atoms with Crippen molar-refractivity contribution in [1.82, 2.24) is 5.32 Å². The Morgan fingerprint density at radius 2 is 2.26 bits per heavy atom. The maximum Gasteiger partial charge on any atom is 0.246 e. The number of anilines is 1. The van der Waals surface area contributed by atoms with Crippen molar-refractivity contribution >= 4 is 27.5 Å². The van der Waals surface area contributed by atoms with Crippen molar-refractivity contribution in [1.29, 1.82) is 0 Å². The minimum Gasteiger partial charge on any atom is -0.468 e. The minimum atomic E-state index is -0.344. The lowest BCUT2D eigenvalue weighted by atomic mass is 10.1. The number of hydrogen-bond acceptors (Lipinski definition) is 3. The average molecular weight is 321 g/mol. The van der Waals surface area contributed by atoms with Crippen molar-refractivity contribution in [3.8, 4) is 0 Å². The number of hydrogen-bond donors (Lipinski definition) is 2. The summed E-state index contributed by atoms with van der Waals surface area (Å²) in [6.07, 6.45) is 1.63. The maximum atomic E-state index is 12.0. The molecule has 0 saturated carbocycles. The molecule has 5 heteroatoms. The van der Waals surface area contributed by atoms with Gasteiger partial charge in [-0.3, -0.25) is 10.1 Å². The monoisotopic (exact) mass is 320 g/mol. The second-order valence-corrected chi connectivity index (χ2v) is 5.47. The summed E-state index contributed by atoms with van der Waals surface area (Å²) in [4.78, 5) is 12.0. The highest BCUT2D eigenvalue weighted by Crippen LogP contribution is 2.34. The molecule has 0 spiro atoms. The maximum absolute atomic E-state index is 12.0. The molecule has 1 aliphatic rings. The zero-order valence-electron chi connectivity index (χ0n) is 10.3. The lowest BCUT2D eigenvalue weighted by Gasteiger charge is -2.16. The molecule has 0 aliphatic carbocycles. The number of halogens is 1. The van der Waals surface area contributed by atoms with Crippen LogP contribution in [0.25, 0.3) is 0 Å². The first-order chi connectivity index (χ1) is 9.15. The molecule has 2 atom stereocenters. The molecule has 2 N–H and O–H groups in total. The number of rotatable bonds is 3. The van der Waals surface area contributed by atoms with E-state index in [1.807, 2.05) is 37.3 Å². The Morgan fingerprint density at radius 1 is 1.42 bits per heavy atom. The second-order valence-electron chi connectivity index (χ2n) is 4.56. The Bertz CT molecular complexity index is 610. The van der Waals surface area contributed by atoms with Crippen LogP contribution in [0.15, 0.2) is 45.5 Å². The van der Waals surface area contributed by atoms with E-state index < -0.39 is 0 Å². The number of fused-ring (bicyclic) bond motifs is 1. The molecular weight excluding hydrogens is 308 g/mol. The van der Waals surface area contributed by atoms with E-state index in [0.29, 0.717) is 0 Å². The molecule has 4 nitrogen and oxygen atoms in total. The van der Waals surface area contributed by atoms with Gasteiger partial charge < -0.3 is 9.73 Å². The van der Waals surface area contributed by atoms with Crippen LogP contribution in [0.4, 0.5) is 5.69 Å². The molecule has 1 aromatic carbocycles. The molecule has 2 heterocycles. The van der Waals surface area contributed by atoms with Crippen LogP contribution in [0.3, 0.4) is 0 Å². The zero-order valence-corrected chi connectivity index (χ0v) is 11.9. The van der Waals surface area contributed by atoms with Crippen LogP contribution in [-0.2, 0) is 4.79 Å². The third-order valence-corrected chi connectivity index (χ3v) is 3.73. The van der Waals surface area contributed by atoms with Gasteiger partial charge in [0.25, 0.3) is 0 Å². The molecule has 0 saturated heterocycles. The van der Waals surface area contributed by atoms with Gasteiger partial charge in [-0.05, 0) is 31.2 Å². The highest BCUT2D eigenvalue weighted by atomic mass is 79.9. The van der Waals surface area contributed by atoms with E-state index in [-0.39, 0.29) is 18.0 Å². The highest BCUT2D eigenvalue weighted by molar-refractivity contribution is 9.10. The van der Waals surface area contributed by atoms with Gasteiger partial charge in [-0.2, -0.15) is 0 Å². The Labute approximate surface area is 119 Å². The third kappa shape index (κ3) is 2.31. The number of furan rings is 1. The van der Waals surface area contributed by atoms with Gasteiger partial charge in [-0.15, -0.1) is 0 Å². The second kappa shape index (κ2) is 4.83. The van der Waals surface area contributed by atoms with Gasteiger partial charge in [0.05, 0.1) is 12.3 Å². The first kappa shape index (κ1) is 12.4. The average Bonchev–Trinajstić information content (AvgIpc) is 2.98. The van der Waals surface area contributed by atoms with Crippen molar-refractivity contribution in [2.75, 3.05) is 5.32 Å². The Kier molecular flexibility index (Phi) is 3.16. The van der Waals surface area contributed by atoms with Crippen LogP contribution in [0.2, 0.25) is 0 Å². The molecule has 19 heavy (non-hydrogen) atoms. The SMILES string of the molecule is CC(NC1C(=O)Nc2cc(Br)ccc21)c1ccco1. The topological polar surface area (TPSA) is 54.3 Å². The van der Waals surface area contributed by atoms with Crippen molar-refractivity contribution in [2.45, 2.75) is 19.0 Å². The van der Waals surface area contributed by atoms with E-state index in [9.17, 15) is 4.79 Å². The van der Waals surface area contributed by atoms with Gasteiger partial charge in [0.15, 0.2) is 0 Å². The first-order valence-corrected chi connectivity index (χ1v) is 6.84. The van der Waals surface area contributed by atoms with E-state index in [1.54, 1.807) is 6.26 Å². The minimum absolute atomic E-state index is 0.0275. The quantitative estimate of drug-likeness (QED) is 0.911. The van der Waals surface area contributed by atoms with Crippen LogP contribution < -0.4 is 10.6 Å². The summed E-state index contributed by atoms with van der Waals surface area (Å²) in [7, 11) is 0. The fraction of sp³-hybridized carbons (Fsp3) is 0.214. The number of amides is 1. The summed E-state index contributed by atoms with van der Waals surface area (Å²) in [5.74, 6) is 0.782. The molecule has 0 fully saturated rings. The van der Waals surface area contributed by atoms with Crippen LogP contribution in [0.5, 0.6) is 0 Å². The van der Waals surface area contributed by atoms with Crippen LogP contribution >= 0.6 is 15.9 Å². The third-order valence-electron chi connectivity index (χ3n) is 3.23. The summed E-state index contributed by atoms with van der Waals surface area (Å²) < 4.78 is 6.30. The number of carbonyl (C=O) groups excluding carboxylic acids is 1. The summed E-state index contributed by atoms with van der Waals surface area (Å²) in [5, 5.41) is 6.16. The van der Waals surface area contributed by atoms with Crippen molar-refractivity contribution in [3.05, 3.63) is 52.4 Å². The predicted octanol–water partition coefficient (Wildman–Crippen LogP) is 3.39. The standard InChI is InChI=1S/C14H13BrN2O2/c1-8(12-3-2-6-19-12)16-13-10-5-4-9(15)7-11(10)17-14(13)18/h2-8,13,16H,1H3,(H,17,18). The van der Waals surface area contributed by atoms with Crippen LogP contribution in [0.1, 0.15) is 30.3 Å². The fourth-order valence-corrected chi connectivity index (χ4v) is 2.63. The van der Waals surface area contributed by atoms with Crippen molar-refractivity contribution < 1.29 is 9.21 Å². The fourth-order valence-electron chi connectivity index (χ4n) is 2.27. The molecule has 98 valence electrons. The van der Waals surface area contributed by atoms with Crippen molar-refractivity contribution in [2.24, 2.45) is 0 Å². The molecule has 1 amide bonds. The number of nitrogens with one attached hydrogen (secondary N) is 2. The number of benzene rings is 1. The van der Waals surface area contributed by atoms with Gasteiger partial charge >= 0.3 is 0 Å². The van der Waals surface area contributed by atoms with Gasteiger partial charge in [-0.25, -0.2) is 0 Å². The molecule has 1 aliphatic heterocycles. The van der Waals surface area contributed by atoms with Gasteiger partial charge in [0.2, 0.25) is 5.91 Å². The Hall–Kier alpha value is -1.59. The summed E-state index contributed by atoms with van der Waals surface area (Å²) in [6.45, 7) is 1.98. The number of carbonyl (C=O) groups is 1. The molecule has 0 bridgehead atoms. The smallest absolute Gasteiger partial charge is 0.246 e. The Balaban J connectivity index is 1.84. The largest absolute Gasteiger partial charge is 0.468 e. The molecule has 2 aromatic rings. The lowest BCUT2D eigenvalue weighted by Crippen LogP contribution is -2.29. The molecular formula is C14H13BrN2O2. The normalized spacial score (nSPS) is 19.1. The van der Waals surface area contributed by atoms with E-state index >= 15 is 0 Å². The molecule has 0 radical (unpaired) electrons. The molecule has 1 aromatic heterocycles. The van der Waals surface area contributed by atoms with Gasteiger partial charge in [-0.1, -0.05) is 22.0 Å². The van der Waals surface area contributed by atoms with Crippen molar-refractivity contribution in [3.63, 3.8) is 0 Å². The van der Waals surface area contributed by atoms with Gasteiger partial charge in [0.1, 0.15) is 11.8 Å². The highest BCUT2D eigenvalue weighted by Gasteiger charge is 2.31. The van der Waals surface area contributed by atoms with Crippen LogP contribution in [-0.4, -0.2) is 5.91 Å². The van der Waals surface area contributed by atoms with E-state index in [1.165, 1.54) is 0 Å². The van der Waals surface area contributed by atoms with E-state index in [4.69, 9.17) is 4.42 Å². The summed E-state index contributed by atoms with van der Waals surface area (Å²) in [6, 6.07) is 9.16. The van der Waals surface area contributed by atoms with Crippen LogP contribution in [0, 0.1) is 0 Å². The summed E-state index contributed by atoms with van der Waals surface area (Å²) in [5.41, 5.74) is 1.81. The van der Waals surface area contributed by atoms with Gasteiger partial charge in [0, 0.05) is 15.7 Å². The predicted molar refractivity (Wildman–Crippen MR) is 75.8 cm³/mol. The summed E-state index contributed by atoms with van der Waals surface area (Å²) >= 11 is 3.40. The lowest BCUT2D eigenvalue weighted by molar-refractivity contribution is -0.117.